The van der Waals surface area contributed by atoms with Gasteiger partial charge in [-0.25, -0.2) is 0 Å². The van der Waals surface area contributed by atoms with E-state index in [9.17, 15) is 0 Å². The van der Waals surface area contributed by atoms with Crippen LogP contribution in [0.2, 0.25) is 0 Å². The van der Waals surface area contributed by atoms with E-state index < -0.39 is 0 Å². The minimum atomic E-state index is 0.886. The summed E-state index contributed by atoms with van der Waals surface area (Å²) in [5.41, 5.74) is 2.30. The summed E-state index contributed by atoms with van der Waals surface area (Å²) < 4.78 is 5.67. The smallest absolute Gasteiger partial charge is 0.134 e. The van der Waals surface area contributed by atoms with Crippen LogP contribution in [0.3, 0.4) is 0 Å². The lowest BCUT2D eigenvalue weighted by atomic mass is 10.2. The summed E-state index contributed by atoms with van der Waals surface area (Å²) in [4.78, 5) is 0. The molecule has 1 heterocycles. The van der Waals surface area contributed by atoms with Crippen LogP contribution >= 0.6 is 0 Å². The van der Waals surface area contributed by atoms with E-state index in [0.29, 0.717) is 0 Å². The van der Waals surface area contributed by atoms with Crippen molar-refractivity contribution in [1.82, 2.24) is 0 Å². The van der Waals surface area contributed by atoms with Crippen LogP contribution in [0.25, 0.3) is 11.0 Å². The summed E-state index contributed by atoms with van der Waals surface area (Å²) in [5, 5.41) is 1.18. The Kier molecular flexibility index (Phi) is 2.40. The third kappa shape index (κ3) is 1.87. The van der Waals surface area contributed by atoms with Gasteiger partial charge in [-0.1, -0.05) is 29.8 Å². The number of para-hydroxylation sites is 1. The van der Waals surface area contributed by atoms with Gasteiger partial charge in [-0.05, 0) is 26.0 Å². The van der Waals surface area contributed by atoms with Crippen LogP contribution < -0.4 is 0 Å². The van der Waals surface area contributed by atoms with Crippen LogP contribution in [-0.2, 0) is 6.42 Å². The van der Waals surface area contributed by atoms with Gasteiger partial charge in [0, 0.05) is 11.8 Å². The highest BCUT2D eigenvalue weighted by Crippen LogP contribution is 2.19. The second kappa shape index (κ2) is 3.70. The molecular weight excluding hydrogens is 172 g/mol. The zero-order valence-electron chi connectivity index (χ0n) is 8.58. The van der Waals surface area contributed by atoms with Crippen LogP contribution in [0.1, 0.15) is 19.6 Å². The number of furan rings is 1. The van der Waals surface area contributed by atoms with Crippen LogP contribution in [0.5, 0.6) is 0 Å². The van der Waals surface area contributed by atoms with Crippen molar-refractivity contribution in [3.8, 4) is 0 Å². The van der Waals surface area contributed by atoms with Crippen molar-refractivity contribution in [2.24, 2.45) is 0 Å². The fourth-order valence-corrected chi connectivity index (χ4v) is 1.44. The summed E-state index contributed by atoms with van der Waals surface area (Å²) >= 11 is 0. The number of benzene rings is 1. The Labute approximate surface area is 84.0 Å². The third-order valence-electron chi connectivity index (χ3n) is 2.19. The van der Waals surface area contributed by atoms with E-state index in [-0.39, 0.29) is 0 Å². The van der Waals surface area contributed by atoms with E-state index in [1.54, 1.807) is 0 Å². The normalized spacial score (nSPS) is 10.4. The second-order valence-electron chi connectivity index (χ2n) is 3.74. The minimum Gasteiger partial charge on any atom is -0.461 e. The van der Waals surface area contributed by atoms with E-state index in [1.807, 2.05) is 18.2 Å². The van der Waals surface area contributed by atoms with E-state index in [0.717, 1.165) is 17.8 Å². The molecule has 0 saturated carbocycles. The number of hydrogen-bond donors (Lipinski definition) is 0. The Bertz CT molecular complexity index is 426. The summed E-state index contributed by atoms with van der Waals surface area (Å²) in [5.74, 6) is 1.03. The highest BCUT2D eigenvalue weighted by molar-refractivity contribution is 5.77. The van der Waals surface area contributed by atoms with Crippen molar-refractivity contribution in [3.05, 3.63) is 47.7 Å². The van der Waals surface area contributed by atoms with Gasteiger partial charge < -0.3 is 4.42 Å². The third-order valence-corrected chi connectivity index (χ3v) is 2.19. The molecule has 2 aromatic rings. The minimum absolute atomic E-state index is 0.886. The van der Waals surface area contributed by atoms with Gasteiger partial charge in [0.2, 0.25) is 0 Å². The van der Waals surface area contributed by atoms with Crippen LogP contribution in [-0.4, -0.2) is 0 Å². The molecule has 14 heavy (non-hydrogen) atoms. The SMILES string of the molecule is CC(C)=CCc1cc2ccccc2o1. The maximum Gasteiger partial charge on any atom is 0.134 e. The lowest BCUT2D eigenvalue weighted by Gasteiger charge is -1.89. The number of allylic oxidation sites excluding steroid dienone is 2. The molecule has 0 radical (unpaired) electrons. The van der Waals surface area contributed by atoms with Crippen molar-refractivity contribution >= 4 is 11.0 Å². The quantitative estimate of drug-likeness (QED) is 0.647. The van der Waals surface area contributed by atoms with E-state index in [2.05, 4.69) is 32.1 Å². The summed E-state index contributed by atoms with van der Waals surface area (Å²) in [7, 11) is 0. The fourth-order valence-electron chi connectivity index (χ4n) is 1.44. The molecule has 0 bridgehead atoms. The maximum atomic E-state index is 5.67. The molecule has 0 spiro atoms. The van der Waals surface area contributed by atoms with Crippen molar-refractivity contribution in [3.63, 3.8) is 0 Å². The summed E-state index contributed by atoms with van der Waals surface area (Å²) in [6.07, 6.45) is 3.06. The highest BCUT2D eigenvalue weighted by Gasteiger charge is 2.00. The Hall–Kier alpha value is -1.50. The Balaban J connectivity index is 2.31. The van der Waals surface area contributed by atoms with Crippen molar-refractivity contribution in [1.29, 1.82) is 0 Å². The van der Waals surface area contributed by atoms with Crippen molar-refractivity contribution < 1.29 is 4.42 Å². The topological polar surface area (TPSA) is 13.1 Å². The molecule has 0 fully saturated rings. The average molecular weight is 186 g/mol. The lowest BCUT2D eigenvalue weighted by molar-refractivity contribution is 0.565. The maximum absolute atomic E-state index is 5.67. The molecule has 0 saturated heterocycles. The van der Waals surface area contributed by atoms with E-state index in [4.69, 9.17) is 4.42 Å². The van der Waals surface area contributed by atoms with Crippen LogP contribution in [0.15, 0.2) is 46.4 Å². The first-order valence-electron chi connectivity index (χ1n) is 4.86. The first-order chi connectivity index (χ1) is 6.75. The molecule has 1 heteroatoms. The molecule has 0 aliphatic rings. The standard InChI is InChI=1S/C13H14O/c1-10(2)7-8-12-9-11-5-3-4-6-13(11)14-12/h3-7,9H,8H2,1-2H3. The fraction of sp³-hybridized carbons (Fsp3) is 0.231. The molecule has 0 N–H and O–H groups in total. The number of hydrogen-bond acceptors (Lipinski definition) is 1. The van der Waals surface area contributed by atoms with Gasteiger partial charge in [0.15, 0.2) is 0 Å². The molecule has 72 valence electrons. The Morgan fingerprint density at radius 3 is 2.79 bits per heavy atom. The lowest BCUT2D eigenvalue weighted by Crippen LogP contribution is -1.75. The molecule has 1 nitrogen and oxygen atoms in total. The van der Waals surface area contributed by atoms with Gasteiger partial charge >= 0.3 is 0 Å². The van der Waals surface area contributed by atoms with Gasteiger partial charge in [0.05, 0.1) is 0 Å². The molecule has 0 aliphatic heterocycles. The zero-order valence-corrected chi connectivity index (χ0v) is 8.58. The Morgan fingerprint density at radius 1 is 1.29 bits per heavy atom. The first-order valence-corrected chi connectivity index (χ1v) is 4.86. The predicted octanol–water partition coefficient (Wildman–Crippen LogP) is 3.94. The molecule has 0 amide bonds. The molecule has 0 atom stereocenters. The highest BCUT2D eigenvalue weighted by atomic mass is 16.3. The monoisotopic (exact) mass is 186 g/mol. The van der Waals surface area contributed by atoms with E-state index in [1.165, 1.54) is 11.0 Å². The van der Waals surface area contributed by atoms with Gasteiger partial charge in [0.1, 0.15) is 11.3 Å². The van der Waals surface area contributed by atoms with Gasteiger partial charge in [-0.3, -0.25) is 0 Å². The second-order valence-corrected chi connectivity index (χ2v) is 3.74. The number of fused-ring (bicyclic) bond motifs is 1. The molecular formula is C13H14O. The molecule has 2 rings (SSSR count). The average Bonchev–Trinajstić information content (AvgIpc) is 2.57. The van der Waals surface area contributed by atoms with Crippen LogP contribution in [0.4, 0.5) is 0 Å². The molecule has 0 aliphatic carbocycles. The summed E-state index contributed by atoms with van der Waals surface area (Å²) in [6, 6.07) is 10.2. The molecule has 1 aromatic carbocycles. The number of rotatable bonds is 2. The summed E-state index contributed by atoms with van der Waals surface area (Å²) in [6.45, 7) is 4.20. The Morgan fingerprint density at radius 2 is 2.07 bits per heavy atom. The molecule has 1 aromatic heterocycles. The van der Waals surface area contributed by atoms with Gasteiger partial charge in [-0.15, -0.1) is 0 Å². The molecule has 0 unspecified atom stereocenters. The first kappa shape index (κ1) is 9.07. The van der Waals surface area contributed by atoms with Gasteiger partial charge in [-0.2, -0.15) is 0 Å². The largest absolute Gasteiger partial charge is 0.461 e. The van der Waals surface area contributed by atoms with Crippen LogP contribution in [0, 0.1) is 0 Å². The zero-order chi connectivity index (χ0) is 9.97. The van der Waals surface area contributed by atoms with Gasteiger partial charge in [0.25, 0.3) is 0 Å². The van der Waals surface area contributed by atoms with Crippen molar-refractivity contribution in [2.75, 3.05) is 0 Å². The van der Waals surface area contributed by atoms with Crippen molar-refractivity contribution in [2.45, 2.75) is 20.3 Å². The predicted molar refractivity (Wildman–Crippen MR) is 59.3 cm³/mol. The van der Waals surface area contributed by atoms with E-state index >= 15 is 0 Å².